The minimum Gasteiger partial charge on any atom is -0.481 e. The fraction of sp³-hybridized carbons (Fsp3) is 0.417. The Labute approximate surface area is 91.3 Å². The van der Waals surface area contributed by atoms with E-state index in [2.05, 4.69) is 0 Å². The van der Waals surface area contributed by atoms with Gasteiger partial charge in [-0.25, -0.2) is 0 Å². The van der Waals surface area contributed by atoms with Crippen LogP contribution in [0.25, 0.3) is 0 Å². The van der Waals surface area contributed by atoms with Crippen molar-refractivity contribution in [1.82, 2.24) is 0 Å². The van der Waals surface area contributed by atoms with Gasteiger partial charge in [-0.05, 0) is 19.2 Å². The fourth-order valence-electron chi connectivity index (χ4n) is 0.621. The van der Waals surface area contributed by atoms with Crippen LogP contribution in [-0.2, 0) is 4.79 Å². The molecule has 2 heteroatoms. The van der Waals surface area contributed by atoms with Gasteiger partial charge in [-0.3, -0.25) is 4.79 Å². The second-order valence-corrected chi connectivity index (χ2v) is 2.48. The number of allylic oxidation sites excluding steroid dienone is 5. The zero-order valence-corrected chi connectivity index (χ0v) is 8.23. The number of carboxylic acid groups (broad SMARTS) is 1. The second-order valence-electron chi connectivity index (χ2n) is 2.48. The van der Waals surface area contributed by atoms with Gasteiger partial charge in [-0.1, -0.05) is 43.4 Å². The molecule has 0 spiro atoms. The average molecular weight is 198 g/mol. The molecule has 0 aliphatic carbocycles. The summed E-state index contributed by atoms with van der Waals surface area (Å²) in [6, 6.07) is 0. The van der Waals surface area contributed by atoms with Crippen LogP contribution in [-0.4, -0.2) is 11.1 Å². The highest BCUT2D eigenvalue weighted by atomic mass is 16.4. The lowest BCUT2D eigenvalue weighted by Gasteiger charge is -1.84. The number of carbonyl (C=O) groups is 1. The van der Waals surface area contributed by atoms with Crippen LogP contribution in [0.5, 0.6) is 0 Å². The van der Waals surface area contributed by atoms with Crippen molar-refractivity contribution in [3.8, 4) is 0 Å². The topological polar surface area (TPSA) is 37.3 Å². The van der Waals surface area contributed by atoms with Crippen LogP contribution in [0, 0.1) is 0 Å². The Hall–Kier alpha value is -1.31. The van der Waals surface area contributed by atoms with Gasteiger partial charge >= 0.3 is 5.97 Å². The summed E-state index contributed by atoms with van der Waals surface area (Å²) < 4.78 is 30.2. The lowest BCUT2D eigenvalue weighted by atomic mass is 10.2. The molecule has 0 bridgehead atoms. The Balaban J connectivity index is 4.60. The third-order valence-corrected chi connectivity index (χ3v) is 1.23. The van der Waals surface area contributed by atoms with Gasteiger partial charge in [0.2, 0.25) is 0 Å². The predicted octanol–water partition coefficient (Wildman–Crippen LogP) is 3.32. The Bertz CT molecular complexity index is 357. The summed E-state index contributed by atoms with van der Waals surface area (Å²) in [6.45, 7) is 1.88. The predicted molar refractivity (Wildman–Crippen MR) is 59.2 cm³/mol. The van der Waals surface area contributed by atoms with Crippen molar-refractivity contribution >= 4 is 5.97 Å². The highest BCUT2D eigenvalue weighted by Gasteiger charge is 1.86. The van der Waals surface area contributed by atoms with Gasteiger partial charge < -0.3 is 5.11 Å². The molecule has 78 valence electrons. The van der Waals surface area contributed by atoms with E-state index in [1.165, 1.54) is 12.2 Å². The molecule has 0 heterocycles. The molecular weight excluding hydrogens is 176 g/mol. The highest BCUT2D eigenvalue weighted by Crippen LogP contribution is 1.93. The molecule has 0 unspecified atom stereocenters. The molecule has 0 saturated heterocycles. The number of hydrogen-bond acceptors (Lipinski definition) is 1. The Morgan fingerprint density at radius 2 is 1.64 bits per heavy atom. The number of hydrogen-bond donors (Lipinski definition) is 1. The van der Waals surface area contributed by atoms with E-state index in [4.69, 9.17) is 10.6 Å². The first kappa shape index (κ1) is 7.04. The van der Waals surface area contributed by atoms with Crippen molar-refractivity contribution in [3.05, 3.63) is 36.5 Å². The highest BCUT2D eigenvalue weighted by molar-refractivity contribution is 5.68. The lowest BCUT2D eigenvalue weighted by molar-refractivity contribution is -0.136. The van der Waals surface area contributed by atoms with Gasteiger partial charge in [-0.15, -0.1) is 0 Å². The first-order chi connectivity index (χ1) is 8.18. The zero-order chi connectivity index (χ0) is 14.2. The summed E-state index contributed by atoms with van der Waals surface area (Å²) in [6.07, 6.45) is 4.46. The SMILES string of the molecule is [2H]C([2H])(/C=C\CC)/C=C\C([2H])([2H])/C=C\CC(=O)O. The van der Waals surface area contributed by atoms with E-state index in [-0.39, 0.29) is 6.42 Å². The first-order valence-corrected chi connectivity index (χ1v) is 4.46. The van der Waals surface area contributed by atoms with Gasteiger partial charge in [-0.2, -0.15) is 0 Å². The van der Waals surface area contributed by atoms with E-state index in [9.17, 15) is 4.79 Å². The molecule has 0 aromatic heterocycles. The van der Waals surface area contributed by atoms with E-state index < -0.39 is 18.7 Å². The van der Waals surface area contributed by atoms with Crippen LogP contribution in [0.15, 0.2) is 36.5 Å². The van der Waals surface area contributed by atoms with Crippen LogP contribution >= 0.6 is 0 Å². The number of aliphatic carboxylic acids is 1. The molecule has 14 heavy (non-hydrogen) atoms. The minimum absolute atomic E-state index is 0.254. The van der Waals surface area contributed by atoms with Crippen molar-refractivity contribution in [3.63, 3.8) is 0 Å². The molecule has 0 saturated carbocycles. The molecule has 0 amide bonds. The second kappa shape index (κ2) is 9.78. The molecular formula is C12H18O2. The summed E-state index contributed by atoms with van der Waals surface area (Å²) in [5.74, 6) is -1.03. The Morgan fingerprint density at radius 1 is 1.14 bits per heavy atom. The maximum atomic E-state index is 10.3. The normalized spacial score (nSPS) is 18.4. The van der Waals surface area contributed by atoms with E-state index >= 15 is 0 Å². The fourth-order valence-corrected chi connectivity index (χ4v) is 0.621. The van der Waals surface area contributed by atoms with Crippen LogP contribution in [0.2, 0.25) is 0 Å². The summed E-state index contributed by atoms with van der Waals surface area (Å²) >= 11 is 0. The van der Waals surface area contributed by atoms with Crippen LogP contribution in [0.1, 0.15) is 38.0 Å². The molecule has 1 N–H and O–H groups in total. The maximum absolute atomic E-state index is 10.3. The van der Waals surface area contributed by atoms with E-state index in [1.54, 1.807) is 6.08 Å². The third kappa shape index (κ3) is 10.7. The largest absolute Gasteiger partial charge is 0.481 e. The molecule has 0 radical (unpaired) electrons. The van der Waals surface area contributed by atoms with Gasteiger partial charge in [0, 0.05) is 5.48 Å². The molecule has 0 atom stereocenters. The molecule has 0 aromatic rings. The van der Waals surface area contributed by atoms with E-state index in [1.807, 2.05) is 6.92 Å². The molecule has 0 aromatic carbocycles. The number of rotatable bonds is 7. The zero-order valence-electron chi connectivity index (χ0n) is 12.2. The average Bonchev–Trinajstić information content (AvgIpc) is 2.23. The van der Waals surface area contributed by atoms with E-state index in [0.29, 0.717) is 6.42 Å². The quantitative estimate of drug-likeness (QED) is 0.637. The van der Waals surface area contributed by atoms with Crippen molar-refractivity contribution in [2.75, 3.05) is 0 Å². The smallest absolute Gasteiger partial charge is 0.307 e. The van der Waals surface area contributed by atoms with Gasteiger partial charge in [0.05, 0.1) is 6.42 Å². The first-order valence-electron chi connectivity index (χ1n) is 6.46. The molecule has 0 fully saturated rings. The van der Waals surface area contributed by atoms with Gasteiger partial charge in [0.15, 0.2) is 0 Å². The van der Waals surface area contributed by atoms with Crippen LogP contribution < -0.4 is 0 Å². The molecule has 0 rings (SSSR count). The molecule has 0 aliphatic rings. The Kier molecular flexibility index (Phi) is 4.92. The third-order valence-electron chi connectivity index (χ3n) is 1.23. The minimum atomic E-state index is -1.86. The van der Waals surface area contributed by atoms with Crippen molar-refractivity contribution in [1.29, 1.82) is 0 Å². The van der Waals surface area contributed by atoms with Crippen molar-refractivity contribution < 1.29 is 15.4 Å². The van der Waals surface area contributed by atoms with Crippen molar-refractivity contribution in [2.45, 2.75) is 32.5 Å². The summed E-state index contributed by atoms with van der Waals surface area (Å²) in [5, 5.41) is 8.41. The monoisotopic (exact) mass is 198 g/mol. The van der Waals surface area contributed by atoms with Crippen molar-refractivity contribution in [2.24, 2.45) is 0 Å². The summed E-state index contributed by atoms with van der Waals surface area (Å²) in [7, 11) is 0. The van der Waals surface area contributed by atoms with E-state index in [0.717, 1.165) is 18.2 Å². The molecule has 2 nitrogen and oxygen atoms in total. The summed E-state index contributed by atoms with van der Waals surface area (Å²) in [4.78, 5) is 10.3. The Morgan fingerprint density at radius 3 is 2.14 bits per heavy atom. The van der Waals surface area contributed by atoms with Gasteiger partial charge in [0.1, 0.15) is 0 Å². The van der Waals surface area contributed by atoms with Crippen LogP contribution in [0.4, 0.5) is 0 Å². The number of carboxylic acids is 1. The maximum Gasteiger partial charge on any atom is 0.307 e. The molecule has 0 aliphatic heterocycles. The van der Waals surface area contributed by atoms with Gasteiger partial charge in [0.25, 0.3) is 0 Å². The lowest BCUT2D eigenvalue weighted by Crippen LogP contribution is -1.89. The standard InChI is InChI=1S/C12H18O2/c1-2-3-4-5-6-7-8-9-10-11-12(13)14/h3-4,6-7,9-10H,2,5,8,11H2,1H3,(H,13,14)/b4-3-,7-6-,10-9-/i5D2,8D2. The van der Waals surface area contributed by atoms with Crippen LogP contribution in [0.3, 0.4) is 0 Å². The summed E-state index contributed by atoms with van der Waals surface area (Å²) in [5.41, 5.74) is 0.